The molecule has 5 heteroatoms. The highest BCUT2D eigenvalue weighted by molar-refractivity contribution is 5.89. The van der Waals surface area contributed by atoms with Crippen molar-refractivity contribution >= 4 is 11.8 Å². The van der Waals surface area contributed by atoms with E-state index >= 15 is 0 Å². The third-order valence-electron chi connectivity index (χ3n) is 1.79. The second kappa shape index (κ2) is 4.06. The number of hydrogen-bond donors (Lipinski definition) is 3. The maximum absolute atomic E-state index is 11.2. The van der Waals surface area contributed by atoms with Crippen molar-refractivity contribution in [1.82, 2.24) is 10.6 Å². The van der Waals surface area contributed by atoms with Gasteiger partial charge in [-0.2, -0.15) is 0 Å². The van der Waals surface area contributed by atoms with Crippen LogP contribution in [0.4, 0.5) is 0 Å². The van der Waals surface area contributed by atoms with Gasteiger partial charge in [-0.05, 0) is 0 Å². The molecule has 0 spiro atoms. The van der Waals surface area contributed by atoms with Gasteiger partial charge in [0.2, 0.25) is 11.8 Å². The molecule has 12 heavy (non-hydrogen) atoms. The van der Waals surface area contributed by atoms with Crippen LogP contribution in [0, 0.1) is 5.92 Å². The van der Waals surface area contributed by atoms with Gasteiger partial charge in [0.25, 0.3) is 0 Å². The normalized spacial score (nSPS) is 22.1. The molecule has 0 aromatic heterocycles. The van der Waals surface area contributed by atoms with Crippen LogP contribution in [-0.2, 0) is 9.59 Å². The molecule has 1 heterocycles. The lowest BCUT2D eigenvalue weighted by Crippen LogP contribution is -2.35. The van der Waals surface area contributed by atoms with Crippen molar-refractivity contribution in [3.63, 3.8) is 0 Å². The molecule has 0 aliphatic carbocycles. The van der Waals surface area contributed by atoms with Crippen molar-refractivity contribution in [2.24, 2.45) is 11.7 Å². The van der Waals surface area contributed by atoms with Crippen LogP contribution in [-0.4, -0.2) is 31.4 Å². The third-order valence-corrected chi connectivity index (χ3v) is 1.79. The molecule has 0 bridgehead atoms. The molecule has 0 aromatic carbocycles. The summed E-state index contributed by atoms with van der Waals surface area (Å²) in [6, 6.07) is 0. The average molecular weight is 171 g/mol. The van der Waals surface area contributed by atoms with E-state index in [-0.39, 0.29) is 17.7 Å². The molecular formula is C7H13N3O2. The Labute approximate surface area is 70.7 Å². The first kappa shape index (κ1) is 8.99. The van der Waals surface area contributed by atoms with Crippen molar-refractivity contribution < 1.29 is 9.59 Å². The fourth-order valence-electron chi connectivity index (χ4n) is 1.13. The molecule has 0 radical (unpaired) electrons. The molecule has 0 aromatic rings. The van der Waals surface area contributed by atoms with Crippen LogP contribution in [0.25, 0.3) is 0 Å². The van der Waals surface area contributed by atoms with Crippen molar-refractivity contribution in [2.45, 2.75) is 6.42 Å². The molecule has 0 saturated carbocycles. The number of nitrogens with one attached hydrogen (secondary N) is 2. The van der Waals surface area contributed by atoms with Gasteiger partial charge in [0.05, 0.1) is 5.92 Å². The number of rotatable bonds is 3. The minimum Gasteiger partial charge on any atom is -0.355 e. The summed E-state index contributed by atoms with van der Waals surface area (Å²) in [7, 11) is 0. The molecule has 1 aliphatic rings. The number of carbonyl (C=O) groups is 2. The number of carbonyl (C=O) groups excluding carboxylic acids is 2. The third kappa shape index (κ3) is 2.20. The molecule has 5 nitrogen and oxygen atoms in total. The molecule has 1 aliphatic heterocycles. The van der Waals surface area contributed by atoms with Gasteiger partial charge in [-0.1, -0.05) is 0 Å². The lowest BCUT2D eigenvalue weighted by molar-refractivity contribution is -0.126. The molecule has 4 N–H and O–H groups in total. The van der Waals surface area contributed by atoms with Gasteiger partial charge in [-0.15, -0.1) is 0 Å². The lowest BCUT2D eigenvalue weighted by Gasteiger charge is -2.06. The second-order valence-electron chi connectivity index (χ2n) is 2.78. The summed E-state index contributed by atoms with van der Waals surface area (Å²) >= 11 is 0. The highest BCUT2D eigenvalue weighted by atomic mass is 16.2. The zero-order chi connectivity index (χ0) is 8.97. The monoisotopic (exact) mass is 171 g/mol. The van der Waals surface area contributed by atoms with E-state index < -0.39 is 0 Å². The van der Waals surface area contributed by atoms with Crippen LogP contribution in [0.2, 0.25) is 0 Å². The standard InChI is InChI=1S/C7H13N3O2/c8-1-2-9-7(12)5-3-6(11)10-4-5/h5H,1-4,8H2,(H,9,12)(H,10,11). The van der Waals surface area contributed by atoms with Gasteiger partial charge in [0.15, 0.2) is 0 Å². The second-order valence-corrected chi connectivity index (χ2v) is 2.78. The zero-order valence-corrected chi connectivity index (χ0v) is 6.80. The number of hydrogen-bond acceptors (Lipinski definition) is 3. The van der Waals surface area contributed by atoms with E-state index in [4.69, 9.17) is 5.73 Å². The smallest absolute Gasteiger partial charge is 0.225 e. The Morgan fingerprint density at radius 1 is 1.75 bits per heavy atom. The Kier molecular flexibility index (Phi) is 3.04. The van der Waals surface area contributed by atoms with Crippen LogP contribution < -0.4 is 16.4 Å². The Hall–Kier alpha value is -1.10. The van der Waals surface area contributed by atoms with E-state index in [0.717, 1.165) is 0 Å². The summed E-state index contributed by atoms with van der Waals surface area (Å²) in [5.41, 5.74) is 5.21. The highest BCUT2D eigenvalue weighted by Crippen LogP contribution is 2.07. The first-order chi connectivity index (χ1) is 5.74. The molecule has 1 fully saturated rings. The Morgan fingerprint density at radius 2 is 2.50 bits per heavy atom. The van der Waals surface area contributed by atoms with E-state index in [1.165, 1.54) is 0 Å². The maximum Gasteiger partial charge on any atom is 0.225 e. The van der Waals surface area contributed by atoms with E-state index in [9.17, 15) is 9.59 Å². The zero-order valence-electron chi connectivity index (χ0n) is 6.80. The fraction of sp³-hybridized carbons (Fsp3) is 0.714. The van der Waals surface area contributed by atoms with Gasteiger partial charge in [-0.25, -0.2) is 0 Å². The van der Waals surface area contributed by atoms with Crippen LogP contribution in [0.5, 0.6) is 0 Å². The predicted molar refractivity (Wildman–Crippen MR) is 43.2 cm³/mol. The summed E-state index contributed by atoms with van der Waals surface area (Å²) in [6.07, 6.45) is 0.302. The molecule has 1 atom stereocenters. The van der Waals surface area contributed by atoms with Gasteiger partial charge in [0.1, 0.15) is 0 Å². The van der Waals surface area contributed by atoms with Crippen LogP contribution in [0.1, 0.15) is 6.42 Å². The minimum atomic E-state index is -0.205. The summed E-state index contributed by atoms with van der Waals surface area (Å²) in [6.45, 7) is 1.36. The van der Waals surface area contributed by atoms with Gasteiger partial charge < -0.3 is 16.4 Å². The van der Waals surface area contributed by atoms with E-state index in [0.29, 0.717) is 26.1 Å². The molecule has 1 rings (SSSR count). The first-order valence-corrected chi connectivity index (χ1v) is 3.98. The van der Waals surface area contributed by atoms with Crippen molar-refractivity contribution in [2.75, 3.05) is 19.6 Å². The van der Waals surface area contributed by atoms with Crippen LogP contribution in [0.15, 0.2) is 0 Å². The van der Waals surface area contributed by atoms with E-state index in [1.54, 1.807) is 0 Å². The molecule has 2 amide bonds. The first-order valence-electron chi connectivity index (χ1n) is 3.98. The van der Waals surface area contributed by atoms with E-state index in [2.05, 4.69) is 10.6 Å². The van der Waals surface area contributed by atoms with Gasteiger partial charge >= 0.3 is 0 Å². The van der Waals surface area contributed by atoms with Crippen LogP contribution in [0.3, 0.4) is 0 Å². The van der Waals surface area contributed by atoms with Crippen molar-refractivity contribution in [1.29, 1.82) is 0 Å². The number of nitrogens with two attached hydrogens (primary N) is 1. The lowest BCUT2D eigenvalue weighted by atomic mass is 10.1. The molecule has 1 unspecified atom stereocenters. The SMILES string of the molecule is NCCNC(=O)C1CNC(=O)C1. The number of amides is 2. The fourth-order valence-corrected chi connectivity index (χ4v) is 1.13. The van der Waals surface area contributed by atoms with Gasteiger partial charge in [0, 0.05) is 26.1 Å². The van der Waals surface area contributed by atoms with Gasteiger partial charge in [-0.3, -0.25) is 9.59 Å². The Balaban J connectivity index is 2.28. The summed E-state index contributed by atoms with van der Waals surface area (Å²) in [4.78, 5) is 21.9. The largest absolute Gasteiger partial charge is 0.355 e. The van der Waals surface area contributed by atoms with E-state index in [1.807, 2.05) is 0 Å². The Morgan fingerprint density at radius 3 is 3.00 bits per heavy atom. The highest BCUT2D eigenvalue weighted by Gasteiger charge is 2.27. The summed E-state index contributed by atoms with van der Waals surface area (Å²) in [5.74, 6) is -0.342. The Bertz CT molecular complexity index is 193. The minimum absolute atomic E-state index is 0.0529. The predicted octanol–water partition coefficient (Wildman–Crippen LogP) is -1.80. The molecule has 68 valence electrons. The summed E-state index contributed by atoms with van der Waals surface area (Å²) < 4.78 is 0. The van der Waals surface area contributed by atoms with Crippen molar-refractivity contribution in [3.05, 3.63) is 0 Å². The molecular weight excluding hydrogens is 158 g/mol. The van der Waals surface area contributed by atoms with Crippen LogP contribution >= 0.6 is 0 Å². The molecule has 1 saturated heterocycles. The van der Waals surface area contributed by atoms with Crippen molar-refractivity contribution in [3.8, 4) is 0 Å². The summed E-state index contributed by atoms with van der Waals surface area (Å²) in [5, 5.41) is 5.23. The average Bonchev–Trinajstić information content (AvgIpc) is 2.47. The maximum atomic E-state index is 11.2. The quantitative estimate of drug-likeness (QED) is 0.468. The topological polar surface area (TPSA) is 84.2 Å².